The summed E-state index contributed by atoms with van der Waals surface area (Å²) in [5.41, 5.74) is 2.66. The molecule has 25 heavy (non-hydrogen) atoms. The maximum absolute atomic E-state index is 12.0. The monoisotopic (exact) mass is 424 g/mol. The lowest BCUT2D eigenvalue weighted by Crippen LogP contribution is -2.21. The van der Waals surface area contributed by atoms with Crippen LogP contribution in [0.4, 0.5) is 11.4 Å². The maximum atomic E-state index is 12.0. The Kier molecular flexibility index (Phi) is 6.45. The molecule has 0 saturated carbocycles. The molecule has 0 aliphatic rings. The Morgan fingerprint density at radius 1 is 1.16 bits per heavy atom. The fourth-order valence-electron chi connectivity index (χ4n) is 2.08. The van der Waals surface area contributed by atoms with Gasteiger partial charge in [0.1, 0.15) is 0 Å². The smallest absolute Gasteiger partial charge is 0.338 e. The summed E-state index contributed by atoms with van der Waals surface area (Å²) >= 11 is 9.44. The molecule has 0 fully saturated rings. The highest BCUT2D eigenvalue weighted by Gasteiger charge is 2.13. The van der Waals surface area contributed by atoms with Crippen molar-refractivity contribution >= 4 is 50.8 Å². The van der Waals surface area contributed by atoms with Crippen molar-refractivity contribution in [1.29, 1.82) is 0 Å². The summed E-state index contributed by atoms with van der Waals surface area (Å²) in [5.74, 6) is -0.981. The van der Waals surface area contributed by atoms with Crippen LogP contribution in [-0.4, -0.2) is 32.6 Å². The number of hydrogen-bond donors (Lipinski definition) is 1. The van der Waals surface area contributed by atoms with E-state index in [4.69, 9.17) is 16.3 Å². The number of hydrogen-bond acceptors (Lipinski definition) is 4. The largest absolute Gasteiger partial charge is 0.452 e. The molecular formula is C18H18BrClN2O3. The Balaban J connectivity index is 1.93. The number of rotatable bonds is 5. The lowest BCUT2D eigenvalue weighted by molar-refractivity contribution is -0.119. The Labute approximate surface area is 160 Å². The van der Waals surface area contributed by atoms with Crippen molar-refractivity contribution in [2.24, 2.45) is 0 Å². The van der Waals surface area contributed by atoms with E-state index in [1.54, 1.807) is 31.2 Å². The van der Waals surface area contributed by atoms with Crippen LogP contribution in [0.2, 0.25) is 5.02 Å². The maximum Gasteiger partial charge on any atom is 0.338 e. The van der Waals surface area contributed by atoms with Crippen LogP contribution in [0.15, 0.2) is 40.9 Å². The molecular weight excluding hydrogens is 408 g/mol. The third kappa shape index (κ3) is 4.96. The van der Waals surface area contributed by atoms with Crippen LogP contribution >= 0.6 is 27.5 Å². The van der Waals surface area contributed by atoms with Gasteiger partial charge in [-0.2, -0.15) is 0 Å². The van der Waals surface area contributed by atoms with E-state index >= 15 is 0 Å². The molecule has 2 rings (SSSR count). The summed E-state index contributed by atoms with van der Waals surface area (Å²) in [7, 11) is 3.82. The Morgan fingerprint density at radius 2 is 1.80 bits per heavy atom. The molecule has 0 radical (unpaired) electrons. The Bertz CT molecular complexity index is 792. The Hall–Kier alpha value is -2.05. The first-order valence-electron chi connectivity index (χ1n) is 7.48. The zero-order valence-corrected chi connectivity index (χ0v) is 16.4. The summed E-state index contributed by atoms with van der Waals surface area (Å²) in [6.07, 6.45) is 0. The normalized spacial score (nSPS) is 10.3. The Morgan fingerprint density at radius 3 is 2.40 bits per heavy atom. The van der Waals surface area contributed by atoms with Crippen LogP contribution < -0.4 is 10.2 Å². The van der Waals surface area contributed by atoms with E-state index in [-0.39, 0.29) is 6.61 Å². The van der Waals surface area contributed by atoms with Crippen molar-refractivity contribution in [1.82, 2.24) is 0 Å². The SMILES string of the molecule is Cc1c(NC(=O)COC(=O)c2ccc(N(C)C)cc2)ccc(Br)c1Cl. The van der Waals surface area contributed by atoms with E-state index in [0.717, 1.165) is 15.7 Å². The second-order valence-electron chi connectivity index (χ2n) is 5.60. The number of carbonyl (C=O) groups is 2. The molecule has 0 saturated heterocycles. The summed E-state index contributed by atoms with van der Waals surface area (Å²) in [5, 5.41) is 3.20. The highest BCUT2D eigenvalue weighted by Crippen LogP contribution is 2.30. The molecule has 0 aliphatic heterocycles. The minimum Gasteiger partial charge on any atom is -0.452 e. The predicted molar refractivity (Wildman–Crippen MR) is 104 cm³/mol. The number of nitrogens with zero attached hydrogens (tertiary/aromatic N) is 1. The highest BCUT2D eigenvalue weighted by atomic mass is 79.9. The molecule has 0 unspecified atom stereocenters. The summed E-state index contributed by atoms with van der Waals surface area (Å²) in [6.45, 7) is 1.42. The topological polar surface area (TPSA) is 58.6 Å². The summed E-state index contributed by atoms with van der Waals surface area (Å²) < 4.78 is 5.80. The van der Waals surface area contributed by atoms with Crippen LogP contribution in [-0.2, 0) is 9.53 Å². The van der Waals surface area contributed by atoms with Gasteiger partial charge in [0.15, 0.2) is 6.61 Å². The van der Waals surface area contributed by atoms with Crippen molar-refractivity contribution in [2.75, 3.05) is 30.9 Å². The van der Waals surface area contributed by atoms with Gasteiger partial charge in [-0.25, -0.2) is 4.79 Å². The van der Waals surface area contributed by atoms with Gasteiger partial charge in [0.05, 0.1) is 10.6 Å². The summed E-state index contributed by atoms with van der Waals surface area (Å²) in [6, 6.07) is 10.4. The van der Waals surface area contributed by atoms with E-state index in [9.17, 15) is 9.59 Å². The van der Waals surface area contributed by atoms with Gasteiger partial charge < -0.3 is 15.0 Å². The number of halogens is 2. The first-order valence-corrected chi connectivity index (χ1v) is 8.65. The van der Waals surface area contributed by atoms with Crippen LogP contribution in [0.1, 0.15) is 15.9 Å². The molecule has 0 bridgehead atoms. The molecule has 2 aromatic carbocycles. The first-order chi connectivity index (χ1) is 11.8. The average Bonchev–Trinajstić information content (AvgIpc) is 2.60. The van der Waals surface area contributed by atoms with E-state index in [0.29, 0.717) is 16.3 Å². The van der Waals surface area contributed by atoms with Gasteiger partial charge in [0, 0.05) is 29.9 Å². The fourth-order valence-corrected chi connectivity index (χ4v) is 2.68. The zero-order valence-electron chi connectivity index (χ0n) is 14.1. The van der Waals surface area contributed by atoms with Crippen LogP contribution in [0.5, 0.6) is 0 Å². The average molecular weight is 426 g/mol. The van der Waals surface area contributed by atoms with Crippen molar-refractivity contribution in [3.8, 4) is 0 Å². The second kappa shape index (κ2) is 8.36. The zero-order chi connectivity index (χ0) is 18.6. The molecule has 0 aliphatic carbocycles. The van der Waals surface area contributed by atoms with Crippen molar-refractivity contribution in [3.05, 3.63) is 57.0 Å². The van der Waals surface area contributed by atoms with Gasteiger partial charge in [0.2, 0.25) is 0 Å². The van der Waals surface area contributed by atoms with Gasteiger partial charge in [-0.1, -0.05) is 11.6 Å². The number of anilines is 2. The van der Waals surface area contributed by atoms with Gasteiger partial charge in [0.25, 0.3) is 5.91 Å². The number of nitrogens with one attached hydrogen (secondary N) is 1. The molecule has 1 amide bonds. The van der Waals surface area contributed by atoms with Crippen molar-refractivity contribution in [2.45, 2.75) is 6.92 Å². The first kappa shape index (κ1) is 19.3. The van der Waals surface area contributed by atoms with Gasteiger partial charge in [-0.3, -0.25) is 4.79 Å². The molecule has 0 heterocycles. The molecule has 5 nitrogen and oxygen atoms in total. The molecule has 132 valence electrons. The third-order valence-electron chi connectivity index (χ3n) is 3.57. The standard InChI is InChI=1S/C18H18BrClN2O3/c1-11-15(9-8-14(19)17(11)20)21-16(23)10-25-18(24)12-4-6-13(7-5-12)22(2)3/h4-9H,10H2,1-3H3,(H,21,23). The number of esters is 1. The third-order valence-corrected chi connectivity index (χ3v) is 4.94. The highest BCUT2D eigenvalue weighted by molar-refractivity contribution is 9.10. The summed E-state index contributed by atoms with van der Waals surface area (Å²) in [4.78, 5) is 25.9. The van der Waals surface area contributed by atoms with Crippen LogP contribution in [0.3, 0.4) is 0 Å². The van der Waals surface area contributed by atoms with E-state index in [1.165, 1.54) is 0 Å². The number of carbonyl (C=O) groups excluding carboxylic acids is 2. The van der Waals surface area contributed by atoms with E-state index < -0.39 is 11.9 Å². The molecule has 0 atom stereocenters. The van der Waals surface area contributed by atoms with Crippen molar-refractivity contribution < 1.29 is 14.3 Å². The van der Waals surface area contributed by atoms with Crippen molar-refractivity contribution in [3.63, 3.8) is 0 Å². The predicted octanol–water partition coefficient (Wildman–Crippen LogP) is 4.27. The second-order valence-corrected chi connectivity index (χ2v) is 6.83. The fraction of sp³-hybridized carbons (Fsp3) is 0.222. The quantitative estimate of drug-likeness (QED) is 0.727. The molecule has 1 N–H and O–H groups in total. The number of ether oxygens (including phenoxy) is 1. The molecule has 0 spiro atoms. The lowest BCUT2D eigenvalue weighted by Gasteiger charge is -2.13. The minimum absolute atomic E-state index is 0.374. The molecule has 0 aromatic heterocycles. The van der Waals surface area contributed by atoms with Gasteiger partial charge in [-0.05, 0) is 64.8 Å². The molecule has 7 heteroatoms. The lowest BCUT2D eigenvalue weighted by atomic mass is 10.2. The molecule has 2 aromatic rings. The van der Waals surface area contributed by atoms with E-state index in [1.807, 2.05) is 31.1 Å². The number of benzene rings is 2. The minimum atomic E-state index is -0.550. The number of amides is 1. The van der Waals surface area contributed by atoms with Crippen LogP contribution in [0, 0.1) is 6.92 Å². The van der Waals surface area contributed by atoms with E-state index in [2.05, 4.69) is 21.2 Å². The van der Waals surface area contributed by atoms with Crippen LogP contribution in [0.25, 0.3) is 0 Å². The van der Waals surface area contributed by atoms with Gasteiger partial charge in [-0.15, -0.1) is 0 Å². The van der Waals surface area contributed by atoms with Gasteiger partial charge >= 0.3 is 5.97 Å².